The molecular formula is C11H22N2O. The Balaban J connectivity index is 1.98. The van der Waals surface area contributed by atoms with Crippen molar-refractivity contribution in [2.45, 2.75) is 50.2 Å². The number of rotatable bonds is 2. The third kappa shape index (κ3) is 1.81. The van der Waals surface area contributed by atoms with Crippen LogP contribution in [0, 0.1) is 0 Å². The summed E-state index contributed by atoms with van der Waals surface area (Å²) in [7, 11) is 0. The Labute approximate surface area is 86.3 Å². The maximum absolute atomic E-state index is 9.47. The van der Waals surface area contributed by atoms with Crippen molar-refractivity contribution in [2.24, 2.45) is 5.73 Å². The molecule has 0 aromatic rings. The van der Waals surface area contributed by atoms with Crippen molar-refractivity contribution in [1.82, 2.24) is 4.90 Å². The van der Waals surface area contributed by atoms with Crippen LogP contribution in [0.5, 0.6) is 0 Å². The van der Waals surface area contributed by atoms with E-state index in [2.05, 4.69) is 4.90 Å². The number of hydrogen-bond acceptors (Lipinski definition) is 3. The van der Waals surface area contributed by atoms with Crippen molar-refractivity contribution in [3.8, 4) is 0 Å². The Hall–Kier alpha value is -0.120. The van der Waals surface area contributed by atoms with Crippen LogP contribution in [0.4, 0.5) is 0 Å². The molecule has 1 saturated heterocycles. The molecule has 0 unspecified atom stereocenters. The summed E-state index contributed by atoms with van der Waals surface area (Å²) in [6, 6.07) is 0. The number of nitrogens with two attached hydrogens (primary N) is 1. The highest BCUT2D eigenvalue weighted by Crippen LogP contribution is 2.35. The summed E-state index contributed by atoms with van der Waals surface area (Å²) >= 11 is 0. The highest BCUT2D eigenvalue weighted by atomic mass is 16.3. The van der Waals surface area contributed by atoms with Gasteiger partial charge in [0.1, 0.15) is 0 Å². The summed E-state index contributed by atoms with van der Waals surface area (Å²) in [5, 5.41) is 9.47. The molecule has 1 heterocycles. The van der Waals surface area contributed by atoms with Crippen molar-refractivity contribution >= 4 is 0 Å². The van der Waals surface area contributed by atoms with E-state index < -0.39 is 0 Å². The van der Waals surface area contributed by atoms with Crippen molar-refractivity contribution in [2.75, 3.05) is 19.6 Å². The topological polar surface area (TPSA) is 49.5 Å². The summed E-state index contributed by atoms with van der Waals surface area (Å²) in [5.74, 6) is 0. The zero-order valence-electron chi connectivity index (χ0n) is 8.91. The fraction of sp³-hybridized carbons (Fsp3) is 1.00. The molecule has 0 aromatic carbocycles. The van der Waals surface area contributed by atoms with Crippen LogP contribution < -0.4 is 5.73 Å². The third-order valence-corrected chi connectivity index (χ3v) is 4.05. The van der Waals surface area contributed by atoms with Gasteiger partial charge in [0.05, 0.1) is 6.10 Å². The smallest absolute Gasteiger partial charge is 0.0564 e. The van der Waals surface area contributed by atoms with Gasteiger partial charge < -0.3 is 10.8 Å². The minimum Gasteiger partial charge on any atom is -0.393 e. The number of hydrogen-bond donors (Lipinski definition) is 2. The van der Waals surface area contributed by atoms with E-state index in [-0.39, 0.29) is 6.10 Å². The molecule has 2 fully saturated rings. The second-order valence-corrected chi connectivity index (χ2v) is 4.85. The molecule has 1 aliphatic heterocycles. The number of aliphatic hydroxyl groups excluding tert-OH is 1. The summed E-state index contributed by atoms with van der Waals surface area (Å²) in [4.78, 5) is 2.53. The van der Waals surface area contributed by atoms with Crippen LogP contribution in [0.3, 0.4) is 0 Å². The molecule has 0 bridgehead atoms. The Kier molecular flexibility index (Phi) is 3.10. The fourth-order valence-electron chi connectivity index (χ4n) is 3.02. The molecule has 0 radical (unpaired) electrons. The van der Waals surface area contributed by atoms with Crippen molar-refractivity contribution in [1.29, 1.82) is 0 Å². The largest absolute Gasteiger partial charge is 0.393 e. The second kappa shape index (κ2) is 4.17. The normalized spacial score (nSPS) is 29.6. The Morgan fingerprint density at radius 2 is 1.79 bits per heavy atom. The van der Waals surface area contributed by atoms with Crippen LogP contribution in [0.2, 0.25) is 0 Å². The Morgan fingerprint density at radius 3 is 2.29 bits per heavy atom. The van der Waals surface area contributed by atoms with E-state index in [1.165, 1.54) is 25.7 Å². The molecule has 14 heavy (non-hydrogen) atoms. The summed E-state index contributed by atoms with van der Waals surface area (Å²) in [6.07, 6.45) is 6.98. The maximum Gasteiger partial charge on any atom is 0.0564 e. The summed E-state index contributed by atoms with van der Waals surface area (Å²) in [5.41, 5.74) is 6.22. The monoisotopic (exact) mass is 198 g/mol. The van der Waals surface area contributed by atoms with Gasteiger partial charge in [-0.3, -0.25) is 4.90 Å². The van der Waals surface area contributed by atoms with Crippen molar-refractivity contribution in [3.05, 3.63) is 0 Å². The van der Waals surface area contributed by atoms with E-state index in [4.69, 9.17) is 5.73 Å². The standard InChI is InChI=1S/C11H22N2O/c12-9-11(5-1-2-6-11)13-7-3-10(14)4-8-13/h10,14H,1-9,12H2. The Bertz CT molecular complexity index is 182. The third-order valence-electron chi connectivity index (χ3n) is 4.05. The molecule has 82 valence electrons. The average Bonchev–Trinajstić information content (AvgIpc) is 2.68. The first kappa shape index (κ1) is 10.4. The lowest BCUT2D eigenvalue weighted by Gasteiger charge is -2.43. The highest BCUT2D eigenvalue weighted by Gasteiger charge is 2.39. The Morgan fingerprint density at radius 1 is 1.21 bits per heavy atom. The van der Waals surface area contributed by atoms with Crippen LogP contribution in [-0.2, 0) is 0 Å². The zero-order valence-corrected chi connectivity index (χ0v) is 8.91. The number of piperidine rings is 1. The van der Waals surface area contributed by atoms with E-state index >= 15 is 0 Å². The summed E-state index contributed by atoms with van der Waals surface area (Å²) < 4.78 is 0. The molecule has 3 nitrogen and oxygen atoms in total. The predicted octanol–water partition coefficient (Wildman–Crippen LogP) is 0.715. The van der Waals surface area contributed by atoms with Crippen LogP contribution >= 0.6 is 0 Å². The highest BCUT2D eigenvalue weighted by molar-refractivity contribution is 4.97. The van der Waals surface area contributed by atoms with Gasteiger partial charge in [-0.25, -0.2) is 0 Å². The van der Waals surface area contributed by atoms with E-state index in [0.717, 1.165) is 32.5 Å². The number of likely N-dealkylation sites (tertiary alicyclic amines) is 1. The molecule has 0 aromatic heterocycles. The van der Waals surface area contributed by atoms with Crippen LogP contribution in [0.15, 0.2) is 0 Å². The maximum atomic E-state index is 9.47. The molecular weight excluding hydrogens is 176 g/mol. The molecule has 0 amide bonds. The van der Waals surface area contributed by atoms with Gasteiger partial charge in [-0.05, 0) is 25.7 Å². The number of aliphatic hydroxyl groups is 1. The van der Waals surface area contributed by atoms with Gasteiger partial charge in [-0.2, -0.15) is 0 Å². The van der Waals surface area contributed by atoms with Gasteiger partial charge in [0.25, 0.3) is 0 Å². The van der Waals surface area contributed by atoms with Gasteiger partial charge in [0, 0.05) is 25.2 Å². The van der Waals surface area contributed by atoms with Gasteiger partial charge in [-0.1, -0.05) is 12.8 Å². The molecule has 2 aliphatic rings. The lowest BCUT2D eigenvalue weighted by Crippen LogP contribution is -2.55. The van der Waals surface area contributed by atoms with Gasteiger partial charge in [0.15, 0.2) is 0 Å². The SMILES string of the molecule is NCC1(N2CCC(O)CC2)CCCC1. The van der Waals surface area contributed by atoms with Crippen LogP contribution in [0.1, 0.15) is 38.5 Å². The van der Waals surface area contributed by atoms with E-state index in [1.807, 2.05) is 0 Å². The second-order valence-electron chi connectivity index (χ2n) is 4.85. The average molecular weight is 198 g/mol. The first-order chi connectivity index (χ1) is 6.77. The predicted molar refractivity (Wildman–Crippen MR) is 57.1 cm³/mol. The molecule has 1 saturated carbocycles. The molecule has 1 aliphatic carbocycles. The van der Waals surface area contributed by atoms with E-state index in [1.54, 1.807) is 0 Å². The van der Waals surface area contributed by atoms with E-state index in [9.17, 15) is 5.11 Å². The number of nitrogens with zero attached hydrogens (tertiary/aromatic N) is 1. The summed E-state index contributed by atoms with van der Waals surface area (Å²) in [6.45, 7) is 2.87. The molecule has 3 N–H and O–H groups in total. The van der Waals surface area contributed by atoms with Gasteiger partial charge >= 0.3 is 0 Å². The van der Waals surface area contributed by atoms with Crippen molar-refractivity contribution in [3.63, 3.8) is 0 Å². The van der Waals surface area contributed by atoms with E-state index in [0.29, 0.717) is 5.54 Å². The molecule has 3 heteroatoms. The molecule has 2 rings (SSSR count). The van der Waals surface area contributed by atoms with Crippen LogP contribution in [0.25, 0.3) is 0 Å². The first-order valence-electron chi connectivity index (χ1n) is 5.90. The van der Waals surface area contributed by atoms with Gasteiger partial charge in [0.2, 0.25) is 0 Å². The van der Waals surface area contributed by atoms with Crippen molar-refractivity contribution < 1.29 is 5.11 Å². The van der Waals surface area contributed by atoms with Crippen LogP contribution in [-0.4, -0.2) is 41.3 Å². The fourth-order valence-corrected chi connectivity index (χ4v) is 3.02. The molecule has 0 spiro atoms. The lowest BCUT2D eigenvalue weighted by atomic mass is 9.92. The van der Waals surface area contributed by atoms with Gasteiger partial charge in [-0.15, -0.1) is 0 Å². The molecule has 0 atom stereocenters. The quantitative estimate of drug-likeness (QED) is 0.687. The zero-order chi connectivity index (χ0) is 10.0. The minimum absolute atomic E-state index is 0.0672. The first-order valence-corrected chi connectivity index (χ1v) is 5.90. The lowest BCUT2D eigenvalue weighted by molar-refractivity contribution is 0.0209. The minimum atomic E-state index is -0.0672.